The SMILES string of the molecule is CCOc1cc(C(=O)NCCCN(C)c2ccccc2)ccc1OC. The third kappa shape index (κ3) is 5.41. The van der Waals surface area contributed by atoms with Gasteiger partial charge in [-0.05, 0) is 43.7 Å². The average Bonchev–Trinajstić information content (AvgIpc) is 2.65. The van der Waals surface area contributed by atoms with Gasteiger partial charge in [0.05, 0.1) is 13.7 Å². The van der Waals surface area contributed by atoms with E-state index in [0.29, 0.717) is 30.2 Å². The van der Waals surface area contributed by atoms with Gasteiger partial charge < -0.3 is 19.7 Å². The normalized spacial score (nSPS) is 10.2. The predicted molar refractivity (Wildman–Crippen MR) is 101 cm³/mol. The van der Waals surface area contributed by atoms with E-state index in [0.717, 1.165) is 13.0 Å². The molecule has 0 spiro atoms. The molecule has 0 saturated heterocycles. The van der Waals surface area contributed by atoms with Gasteiger partial charge >= 0.3 is 0 Å². The lowest BCUT2D eigenvalue weighted by atomic mass is 10.2. The molecule has 0 radical (unpaired) electrons. The Morgan fingerprint density at radius 3 is 2.56 bits per heavy atom. The highest BCUT2D eigenvalue weighted by molar-refractivity contribution is 5.94. The Bertz CT molecular complexity index is 674. The van der Waals surface area contributed by atoms with Crippen molar-refractivity contribution in [2.75, 3.05) is 38.8 Å². The second-order valence-corrected chi connectivity index (χ2v) is 5.67. The molecule has 0 fully saturated rings. The number of benzene rings is 2. The fourth-order valence-corrected chi connectivity index (χ4v) is 2.52. The molecule has 5 heteroatoms. The summed E-state index contributed by atoms with van der Waals surface area (Å²) >= 11 is 0. The fourth-order valence-electron chi connectivity index (χ4n) is 2.52. The van der Waals surface area contributed by atoms with Gasteiger partial charge in [-0.1, -0.05) is 18.2 Å². The van der Waals surface area contributed by atoms with Gasteiger partial charge in [0.2, 0.25) is 0 Å². The van der Waals surface area contributed by atoms with Gasteiger partial charge in [0, 0.05) is 31.4 Å². The number of nitrogens with one attached hydrogen (secondary N) is 1. The minimum absolute atomic E-state index is 0.106. The van der Waals surface area contributed by atoms with Crippen LogP contribution in [0.4, 0.5) is 5.69 Å². The molecule has 0 heterocycles. The highest BCUT2D eigenvalue weighted by Crippen LogP contribution is 2.27. The average molecular weight is 342 g/mol. The standard InChI is InChI=1S/C20H26N2O3/c1-4-25-19-15-16(11-12-18(19)24-3)20(23)21-13-8-14-22(2)17-9-6-5-7-10-17/h5-7,9-12,15H,4,8,13-14H2,1-3H3,(H,21,23). The molecule has 2 aromatic carbocycles. The molecule has 0 aliphatic heterocycles. The molecule has 2 rings (SSSR count). The summed E-state index contributed by atoms with van der Waals surface area (Å²) in [5, 5.41) is 2.95. The lowest BCUT2D eigenvalue weighted by Crippen LogP contribution is -2.28. The number of amides is 1. The summed E-state index contributed by atoms with van der Waals surface area (Å²) in [5.41, 5.74) is 1.74. The minimum Gasteiger partial charge on any atom is -0.493 e. The van der Waals surface area contributed by atoms with Crippen LogP contribution in [0.2, 0.25) is 0 Å². The van der Waals surface area contributed by atoms with E-state index in [1.54, 1.807) is 25.3 Å². The summed E-state index contributed by atoms with van der Waals surface area (Å²) < 4.78 is 10.8. The van der Waals surface area contributed by atoms with Crippen molar-refractivity contribution in [3.05, 3.63) is 54.1 Å². The smallest absolute Gasteiger partial charge is 0.251 e. The first-order chi connectivity index (χ1) is 12.2. The van der Waals surface area contributed by atoms with E-state index < -0.39 is 0 Å². The molecular weight excluding hydrogens is 316 g/mol. The molecule has 0 bridgehead atoms. The van der Waals surface area contributed by atoms with Gasteiger partial charge in [-0.2, -0.15) is 0 Å². The van der Waals surface area contributed by atoms with Crippen molar-refractivity contribution >= 4 is 11.6 Å². The van der Waals surface area contributed by atoms with Crippen LogP contribution in [0, 0.1) is 0 Å². The molecule has 25 heavy (non-hydrogen) atoms. The van der Waals surface area contributed by atoms with Gasteiger partial charge in [0.25, 0.3) is 5.91 Å². The zero-order valence-corrected chi connectivity index (χ0v) is 15.1. The maximum absolute atomic E-state index is 12.3. The maximum Gasteiger partial charge on any atom is 0.251 e. The van der Waals surface area contributed by atoms with Crippen LogP contribution < -0.4 is 19.7 Å². The van der Waals surface area contributed by atoms with E-state index in [1.807, 2.05) is 25.1 Å². The Labute approximate surface area is 149 Å². The number of para-hydroxylation sites is 1. The number of nitrogens with zero attached hydrogens (tertiary/aromatic N) is 1. The number of rotatable bonds is 9. The summed E-state index contributed by atoms with van der Waals surface area (Å²) in [7, 11) is 3.63. The molecular formula is C20H26N2O3. The molecule has 0 aliphatic carbocycles. The van der Waals surface area contributed by atoms with E-state index in [4.69, 9.17) is 9.47 Å². The van der Waals surface area contributed by atoms with Gasteiger partial charge in [-0.3, -0.25) is 4.79 Å². The largest absolute Gasteiger partial charge is 0.493 e. The van der Waals surface area contributed by atoms with Crippen molar-refractivity contribution in [3.8, 4) is 11.5 Å². The number of anilines is 1. The fraction of sp³-hybridized carbons (Fsp3) is 0.350. The first kappa shape index (κ1) is 18.6. The molecule has 2 aromatic rings. The highest BCUT2D eigenvalue weighted by Gasteiger charge is 2.11. The topological polar surface area (TPSA) is 50.8 Å². The molecule has 0 unspecified atom stereocenters. The van der Waals surface area contributed by atoms with Gasteiger partial charge in [0.15, 0.2) is 11.5 Å². The molecule has 5 nitrogen and oxygen atoms in total. The highest BCUT2D eigenvalue weighted by atomic mass is 16.5. The summed E-state index contributed by atoms with van der Waals surface area (Å²) in [6.45, 7) is 3.91. The first-order valence-corrected chi connectivity index (χ1v) is 8.51. The second kappa shape index (κ2) is 9.57. The minimum atomic E-state index is -0.106. The van der Waals surface area contributed by atoms with Crippen molar-refractivity contribution in [1.82, 2.24) is 5.32 Å². The lowest BCUT2D eigenvalue weighted by Gasteiger charge is -2.19. The Kier molecular flexibility index (Phi) is 7.14. The van der Waals surface area contributed by atoms with Crippen molar-refractivity contribution in [1.29, 1.82) is 0 Å². The first-order valence-electron chi connectivity index (χ1n) is 8.51. The van der Waals surface area contributed by atoms with E-state index in [1.165, 1.54) is 5.69 Å². The van der Waals surface area contributed by atoms with Crippen LogP contribution >= 0.6 is 0 Å². The molecule has 1 N–H and O–H groups in total. The predicted octanol–water partition coefficient (Wildman–Crippen LogP) is 3.35. The molecule has 0 aromatic heterocycles. The van der Waals surface area contributed by atoms with E-state index in [-0.39, 0.29) is 5.91 Å². The van der Waals surface area contributed by atoms with Crippen LogP contribution in [0.5, 0.6) is 11.5 Å². The summed E-state index contributed by atoms with van der Waals surface area (Å²) in [6.07, 6.45) is 0.867. The number of ether oxygens (including phenoxy) is 2. The summed E-state index contributed by atoms with van der Waals surface area (Å²) in [6, 6.07) is 15.4. The van der Waals surface area contributed by atoms with Gasteiger partial charge in [-0.25, -0.2) is 0 Å². The summed E-state index contributed by atoms with van der Waals surface area (Å²) in [4.78, 5) is 14.5. The van der Waals surface area contributed by atoms with Crippen LogP contribution in [-0.2, 0) is 0 Å². The maximum atomic E-state index is 12.3. The molecule has 134 valence electrons. The van der Waals surface area contributed by atoms with Crippen molar-refractivity contribution in [3.63, 3.8) is 0 Å². The van der Waals surface area contributed by atoms with Crippen LogP contribution in [0.25, 0.3) is 0 Å². The molecule has 0 aliphatic rings. The monoisotopic (exact) mass is 342 g/mol. The third-order valence-electron chi connectivity index (χ3n) is 3.88. The lowest BCUT2D eigenvalue weighted by molar-refractivity contribution is 0.0953. The quantitative estimate of drug-likeness (QED) is 0.710. The number of hydrogen-bond acceptors (Lipinski definition) is 4. The van der Waals surface area contributed by atoms with E-state index >= 15 is 0 Å². The summed E-state index contributed by atoms with van der Waals surface area (Å²) in [5.74, 6) is 1.11. The molecule has 0 saturated carbocycles. The van der Waals surface area contributed by atoms with Crippen LogP contribution in [0.15, 0.2) is 48.5 Å². The van der Waals surface area contributed by atoms with Gasteiger partial charge in [0.1, 0.15) is 0 Å². The van der Waals surface area contributed by atoms with Crippen LogP contribution in [0.1, 0.15) is 23.7 Å². The van der Waals surface area contributed by atoms with Crippen LogP contribution in [-0.4, -0.2) is 39.8 Å². The number of carbonyl (C=O) groups excluding carboxylic acids is 1. The third-order valence-corrected chi connectivity index (χ3v) is 3.88. The Hall–Kier alpha value is -2.69. The van der Waals surface area contributed by atoms with E-state index in [2.05, 4.69) is 29.4 Å². The molecule has 1 amide bonds. The van der Waals surface area contributed by atoms with Crippen molar-refractivity contribution in [2.45, 2.75) is 13.3 Å². The number of carbonyl (C=O) groups is 1. The van der Waals surface area contributed by atoms with Crippen LogP contribution in [0.3, 0.4) is 0 Å². The Morgan fingerprint density at radius 2 is 1.88 bits per heavy atom. The number of methoxy groups -OCH3 is 1. The van der Waals surface area contributed by atoms with Gasteiger partial charge in [-0.15, -0.1) is 0 Å². The number of hydrogen-bond donors (Lipinski definition) is 1. The van der Waals surface area contributed by atoms with Crippen molar-refractivity contribution in [2.24, 2.45) is 0 Å². The second-order valence-electron chi connectivity index (χ2n) is 5.67. The van der Waals surface area contributed by atoms with Crippen molar-refractivity contribution < 1.29 is 14.3 Å². The Balaban J connectivity index is 1.83. The molecule has 0 atom stereocenters. The Morgan fingerprint density at radius 1 is 1.12 bits per heavy atom. The van der Waals surface area contributed by atoms with E-state index in [9.17, 15) is 4.79 Å². The zero-order chi connectivity index (χ0) is 18.1. The zero-order valence-electron chi connectivity index (χ0n) is 15.1.